The van der Waals surface area contributed by atoms with Crippen molar-refractivity contribution in [3.05, 3.63) is 114 Å². The lowest BCUT2D eigenvalue weighted by atomic mass is 10.0. The minimum Gasteiger partial charge on any atom is -0.491 e. The van der Waals surface area contributed by atoms with Crippen molar-refractivity contribution in [1.82, 2.24) is 18.7 Å². The molecule has 14 heteroatoms. The van der Waals surface area contributed by atoms with Gasteiger partial charge in [0.2, 0.25) is 10.0 Å². The highest BCUT2D eigenvalue weighted by Gasteiger charge is 2.26. The number of pyridine rings is 1. The topological polar surface area (TPSA) is 145 Å². The Balaban J connectivity index is 1.53. The van der Waals surface area contributed by atoms with Crippen molar-refractivity contribution in [2.24, 2.45) is 0 Å². The summed E-state index contributed by atoms with van der Waals surface area (Å²) in [5.41, 5.74) is 5.87. The second-order valence-corrected chi connectivity index (χ2v) is 15.7. The number of aromatic nitrogens is 4. The fourth-order valence-electron chi connectivity index (χ4n) is 5.85. The first-order valence-electron chi connectivity index (χ1n) is 15.7. The third kappa shape index (κ3) is 7.13. The van der Waals surface area contributed by atoms with E-state index in [1.807, 2.05) is 32.9 Å². The molecule has 0 saturated heterocycles. The van der Waals surface area contributed by atoms with E-state index in [4.69, 9.17) is 14.9 Å². The molecule has 0 amide bonds. The molecule has 3 heterocycles. The number of nitrogens with zero attached hydrogens (tertiary/aromatic N) is 4. The third-order valence-electron chi connectivity index (χ3n) is 8.23. The summed E-state index contributed by atoms with van der Waals surface area (Å²) < 4.78 is 77.8. The minimum absolute atomic E-state index is 0.0805. The largest absolute Gasteiger partial charge is 0.491 e. The van der Waals surface area contributed by atoms with Gasteiger partial charge in [0.25, 0.3) is 10.0 Å². The molecule has 0 spiro atoms. The lowest BCUT2D eigenvalue weighted by Crippen LogP contribution is -2.12. The number of sulfonamides is 1. The van der Waals surface area contributed by atoms with E-state index in [2.05, 4.69) is 9.71 Å². The molecule has 2 N–H and O–H groups in total. The average Bonchev–Trinajstić information content (AvgIpc) is 3.56. The molecule has 0 aliphatic carbocycles. The second kappa shape index (κ2) is 13.7. The fourth-order valence-corrected chi connectivity index (χ4v) is 7.74. The van der Waals surface area contributed by atoms with Crippen LogP contribution in [0.3, 0.4) is 0 Å². The Morgan fingerprint density at radius 3 is 2.40 bits per heavy atom. The molecule has 0 fully saturated rings. The van der Waals surface area contributed by atoms with Crippen LogP contribution in [0.1, 0.15) is 28.9 Å². The van der Waals surface area contributed by atoms with Crippen LogP contribution >= 0.6 is 0 Å². The van der Waals surface area contributed by atoms with Gasteiger partial charge >= 0.3 is 0 Å². The van der Waals surface area contributed by atoms with Gasteiger partial charge in [-0.2, -0.15) is 5.10 Å². The van der Waals surface area contributed by atoms with Crippen molar-refractivity contribution in [1.29, 1.82) is 0 Å². The van der Waals surface area contributed by atoms with Crippen molar-refractivity contribution < 1.29 is 31.1 Å². The number of benzene rings is 3. The standard InChI is InChI=1S/C36H36FN5O6S2/c1-23-9-12-30(13-10-23)50(46,47)42-22-32(35-24(2)39-41(25(35)3)21-26-7-5-8-29(37)17-26)31-18-28(20-38-36(31)42)27-11-14-34(48-16-6-15-43)33(19-27)40-49(4,44)45/h5,7-14,17-20,22,40,43H,6,15-16,21H2,1-4H3. The molecule has 6 aromatic rings. The maximum absolute atomic E-state index is 14.1. The third-order valence-corrected chi connectivity index (χ3v) is 10.5. The van der Waals surface area contributed by atoms with E-state index in [9.17, 15) is 21.2 Å². The number of anilines is 1. The Bertz CT molecular complexity index is 2440. The molecule has 3 aromatic carbocycles. The molecule has 11 nitrogen and oxygen atoms in total. The van der Waals surface area contributed by atoms with Crippen LogP contribution < -0.4 is 9.46 Å². The van der Waals surface area contributed by atoms with E-state index in [1.165, 1.54) is 22.3 Å². The highest BCUT2D eigenvalue weighted by atomic mass is 32.2. The summed E-state index contributed by atoms with van der Waals surface area (Å²) in [6, 6.07) is 19.6. The lowest BCUT2D eigenvalue weighted by Gasteiger charge is -2.14. The predicted molar refractivity (Wildman–Crippen MR) is 191 cm³/mol. The molecule has 260 valence electrons. The molecule has 0 saturated carbocycles. The maximum atomic E-state index is 14.1. The average molecular weight is 718 g/mol. The molecule has 3 aromatic heterocycles. The minimum atomic E-state index is -4.09. The Kier molecular flexibility index (Phi) is 9.53. The van der Waals surface area contributed by atoms with Crippen LogP contribution in [0, 0.1) is 26.6 Å². The number of ether oxygens (including phenoxy) is 1. The van der Waals surface area contributed by atoms with Crippen molar-refractivity contribution >= 4 is 36.8 Å². The Hall–Kier alpha value is -5.05. The zero-order valence-electron chi connectivity index (χ0n) is 27.9. The first-order chi connectivity index (χ1) is 23.7. The Labute approximate surface area is 290 Å². The molecule has 0 atom stereocenters. The number of nitrogens with one attached hydrogen (secondary N) is 1. The second-order valence-electron chi connectivity index (χ2n) is 12.1. The number of aliphatic hydroxyl groups is 1. The van der Waals surface area contributed by atoms with Crippen LogP contribution in [0.2, 0.25) is 0 Å². The normalized spacial score (nSPS) is 12.0. The fraction of sp³-hybridized carbons (Fsp3) is 0.222. The number of hydrogen-bond donors (Lipinski definition) is 2. The first-order valence-corrected chi connectivity index (χ1v) is 19.1. The molecule has 0 aliphatic rings. The van der Waals surface area contributed by atoms with Gasteiger partial charge in [0.1, 0.15) is 11.6 Å². The van der Waals surface area contributed by atoms with Crippen LogP contribution in [0.4, 0.5) is 10.1 Å². The monoisotopic (exact) mass is 717 g/mol. The lowest BCUT2D eigenvalue weighted by molar-refractivity contribution is 0.234. The van der Waals surface area contributed by atoms with Crippen molar-refractivity contribution in [3.63, 3.8) is 0 Å². The van der Waals surface area contributed by atoms with E-state index in [-0.39, 0.29) is 41.0 Å². The SMILES string of the molecule is Cc1ccc(S(=O)(=O)n2cc(-c3c(C)nn(Cc4cccc(F)c4)c3C)c3cc(-c4ccc(OCCCO)c(NS(C)(=O)=O)c4)cnc32)cc1. The highest BCUT2D eigenvalue weighted by Crippen LogP contribution is 2.39. The zero-order valence-corrected chi connectivity index (χ0v) is 29.5. The number of halogens is 1. The summed E-state index contributed by atoms with van der Waals surface area (Å²) in [5, 5.41) is 14.4. The van der Waals surface area contributed by atoms with Crippen LogP contribution in [-0.4, -0.2) is 60.1 Å². The molecule has 0 unspecified atom stereocenters. The van der Waals surface area contributed by atoms with Gasteiger partial charge in [-0.3, -0.25) is 9.40 Å². The summed E-state index contributed by atoms with van der Waals surface area (Å²) in [7, 11) is -7.76. The summed E-state index contributed by atoms with van der Waals surface area (Å²) in [6.07, 6.45) is 4.48. The van der Waals surface area contributed by atoms with Gasteiger partial charge in [-0.25, -0.2) is 30.2 Å². The molecule has 0 bridgehead atoms. The zero-order chi connectivity index (χ0) is 35.8. The molecular weight excluding hydrogens is 682 g/mol. The number of fused-ring (bicyclic) bond motifs is 1. The van der Waals surface area contributed by atoms with Gasteiger partial charge in [0, 0.05) is 53.2 Å². The van der Waals surface area contributed by atoms with E-state index in [1.54, 1.807) is 59.4 Å². The summed E-state index contributed by atoms with van der Waals surface area (Å²) in [6.45, 7) is 5.99. The van der Waals surface area contributed by atoms with E-state index in [0.717, 1.165) is 23.1 Å². The number of rotatable bonds is 12. The van der Waals surface area contributed by atoms with Crippen molar-refractivity contribution in [2.45, 2.75) is 38.6 Å². The smallest absolute Gasteiger partial charge is 0.269 e. The number of aliphatic hydroxyl groups excluding tert-OH is 1. The molecular formula is C36H36FN5O6S2. The Morgan fingerprint density at radius 1 is 0.940 bits per heavy atom. The van der Waals surface area contributed by atoms with E-state index >= 15 is 0 Å². The predicted octanol–water partition coefficient (Wildman–Crippen LogP) is 6.05. The van der Waals surface area contributed by atoms with Crippen LogP contribution in [0.5, 0.6) is 5.75 Å². The summed E-state index contributed by atoms with van der Waals surface area (Å²) in [4.78, 5) is 4.76. The van der Waals surface area contributed by atoms with Gasteiger partial charge in [0.05, 0.1) is 35.7 Å². The van der Waals surface area contributed by atoms with Crippen molar-refractivity contribution in [2.75, 3.05) is 24.2 Å². The van der Waals surface area contributed by atoms with Crippen LogP contribution in [-0.2, 0) is 26.6 Å². The van der Waals surface area contributed by atoms with E-state index in [0.29, 0.717) is 46.3 Å². The molecule has 0 radical (unpaired) electrons. The van der Waals surface area contributed by atoms with Gasteiger partial charge in [-0.05, 0) is 74.4 Å². The van der Waals surface area contributed by atoms with Gasteiger partial charge in [-0.1, -0.05) is 35.9 Å². The van der Waals surface area contributed by atoms with E-state index < -0.39 is 20.0 Å². The van der Waals surface area contributed by atoms with Crippen molar-refractivity contribution in [3.8, 4) is 28.0 Å². The number of hydrogen-bond acceptors (Lipinski definition) is 8. The molecule has 0 aliphatic heterocycles. The van der Waals surface area contributed by atoms with Gasteiger partial charge in [0.15, 0.2) is 5.65 Å². The highest BCUT2D eigenvalue weighted by molar-refractivity contribution is 7.92. The molecule has 6 rings (SSSR count). The maximum Gasteiger partial charge on any atom is 0.269 e. The van der Waals surface area contributed by atoms with Crippen LogP contribution in [0.15, 0.2) is 90.1 Å². The van der Waals surface area contributed by atoms with Crippen LogP contribution in [0.25, 0.3) is 33.3 Å². The summed E-state index contributed by atoms with van der Waals surface area (Å²) in [5.74, 6) is -0.0680. The summed E-state index contributed by atoms with van der Waals surface area (Å²) >= 11 is 0. The van der Waals surface area contributed by atoms with Gasteiger partial charge in [-0.15, -0.1) is 0 Å². The van der Waals surface area contributed by atoms with Gasteiger partial charge < -0.3 is 9.84 Å². The quantitative estimate of drug-likeness (QED) is 0.146. The Morgan fingerprint density at radius 2 is 1.70 bits per heavy atom. The molecule has 50 heavy (non-hydrogen) atoms. The first kappa shape index (κ1) is 34.8. The number of aryl methyl sites for hydroxylation is 2.